The van der Waals surface area contributed by atoms with E-state index in [1.165, 1.54) is 25.3 Å². The summed E-state index contributed by atoms with van der Waals surface area (Å²) in [5.41, 5.74) is 1.05. The molecule has 0 saturated heterocycles. The molecule has 0 bridgehead atoms. The topological polar surface area (TPSA) is 84.5 Å². The van der Waals surface area contributed by atoms with Gasteiger partial charge in [-0.1, -0.05) is 18.2 Å². The fraction of sp³-hybridized carbons (Fsp3) is 0.136. The summed E-state index contributed by atoms with van der Waals surface area (Å²) in [5.74, 6) is -1.32. The zero-order valence-corrected chi connectivity index (χ0v) is 17.4. The number of benzene rings is 3. The van der Waals surface area contributed by atoms with Crippen molar-refractivity contribution >= 4 is 27.3 Å². The average Bonchev–Trinajstić information content (AvgIpc) is 2.74. The Morgan fingerprint density at radius 2 is 1.65 bits per heavy atom. The molecular formula is C22H20F2N2O4S. The third kappa shape index (κ3) is 5.79. The van der Waals surface area contributed by atoms with Gasteiger partial charge in [-0.2, -0.15) is 0 Å². The van der Waals surface area contributed by atoms with Gasteiger partial charge in [0.15, 0.2) is 11.6 Å². The third-order valence-electron chi connectivity index (χ3n) is 4.43. The lowest BCUT2D eigenvalue weighted by Crippen LogP contribution is -2.17. The molecule has 0 spiro atoms. The van der Waals surface area contributed by atoms with Crippen molar-refractivity contribution in [2.24, 2.45) is 0 Å². The van der Waals surface area contributed by atoms with Crippen LogP contribution in [0, 0.1) is 11.6 Å². The number of rotatable bonds is 8. The number of carbonyl (C=O) groups is 1. The minimum Gasteiger partial charge on any atom is -0.494 e. The molecule has 162 valence electrons. The zero-order valence-electron chi connectivity index (χ0n) is 16.6. The first-order chi connectivity index (χ1) is 14.8. The van der Waals surface area contributed by atoms with Crippen LogP contribution in [0.15, 0.2) is 71.6 Å². The maximum Gasteiger partial charge on any atom is 0.261 e. The van der Waals surface area contributed by atoms with E-state index in [-0.39, 0.29) is 40.8 Å². The summed E-state index contributed by atoms with van der Waals surface area (Å²) in [7, 11) is -2.61. The molecule has 1 amide bonds. The molecule has 2 N–H and O–H groups in total. The van der Waals surface area contributed by atoms with Crippen LogP contribution in [0.1, 0.15) is 12.0 Å². The molecule has 6 nitrogen and oxygen atoms in total. The summed E-state index contributed by atoms with van der Waals surface area (Å²) < 4.78 is 59.2. The van der Waals surface area contributed by atoms with Crippen molar-refractivity contribution in [2.45, 2.75) is 17.7 Å². The van der Waals surface area contributed by atoms with E-state index in [1.54, 1.807) is 24.3 Å². The molecule has 0 aliphatic rings. The van der Waals surface area contributed by atoms with Gasteiger partial charge in [-0.15, -0.1) is 0 Å². The van der Waals surface area contributed by atoms with Gasteiger partial charge in [-0.05, 0) is 60.5 Å². The number of nitrogens with one attached hydrogen (secondary N) is 2. The van der Waals surface area contributed by atoms with Gasteiger partial charge in [-0.3, -0.25) is 9.52 Å². The summed E-state index contributed by atoms with van der Waals surface area (Å²) in [6.07, 6.45) is 0.348. The zero-order chi connectivity index (χ0) is 22.4. The Bertz CT molecular complexity index is 1180. The highest BCUT2D eigenvalue weighted by Gasteiger charge is 2.17. The number of sulfonamides is 1. The number of methoxy groups -OCH3 is 1. The third-order valence-corrected chi connectivity index (χ3v) is 5.81. The molecule has 9 heteroatoms. The van der Waals surface area contributed by atoms with Crippen molar-refractivity contribution in [2.75, 3.05) is 17.1 Å². The lowest BCUT2D eigenvalue weighted by molar-refractivity contribution is -0.116. The van der Waals surface area contributed by atoms with Crippen LogP contribution in [0.4, 0.5) is 20.2 Å². The summed E-state index contributed by atoms with van der Waals surface area (Å²) in [6, 6.07) is 15.1. The lowest BCUT2D eigenvalue weighted by atomic mass is 10.1. The van der Waals surface area contributed by atoms with Crippen molar-refractivity contribution in [3.63, 3.8) is 0 Å². The molecule has 3 aromatic rings. The predicted octanol–water partition coefficient (Wildman–Crippen LogP) is 4.35. The molecule has 0 aliphatic heterocycles. The van der Waals surface area contributed by atoms with E-state index >= 15 is 0 Å². The second-order valence-electron chi connectivity index (χ2n) is 6.62. The lowest BCUT2D eigenvalue weighted by Gasteiger charge is -2.14. The second-order valence-corrected chi connectivity index (χ2v) is 8.30. The largest absolute Gasteiger partial charge is 0.494 e. The van der Waals surface area contributed by atoms with Crippen LogP contribution in [0.2, 0.25) is 0 Å². The molecule has 0 saturated carbocycles. The van der Waals surface area contributed by atoms with Crippen LogP contribution in [-0.4, -0.2) is 21.4 Å². The number of anilines is 2. The summed E-state index contributed by atoms with van der Waals surface area (Å²) >= 11 is 0. The fourth-order valence-electron chi connectivity index (χ4n) is 2.83. The summed E-state index contributed by atoms with van der Waals surface area (Å²) in [4.78, 5) is 12.3. The molecule has 31 heavy (non-hydrogen) atoms. The average molecular weight is 446 g/mol. The maximum atomic E-state index is 13.8. The molecule has 0 unspecified atom stereocenters. The Morgan fingerprint density at radius 1 is 0.968 bits per heavy atom. The number of hydrogen-bond acceptors (Lipinski definition) is 4. The van der Waals surface area contributed by atoms with Gasteiger partial charge in [0.05, 0.1) is 23.4 Å². The normalized spacial score (nSPS) is 11.1. The first kappa shape index (κ1) is 22.2. The molecule has 0 atom stereocenters. The van der Waals surface area contributed by atoms with Crippen LogP contribution >= 0.6 is 0 Å². The molecule has 0 fully saturated rings. The number of para-hydroxylation sites is 2. The van der Waals surface area contributed by atoms with Gasteiger partial charge < -0.3 is 10.1 Å². The number of amides is 1. The summed E-state index contributed by atoms with van der Waals surface area (Å²) in [5, 5.41) is 2.66. The first-order valence-corrected chi connectivity index (χ1v) is 10.8. The first-order valence-electron chi connectivity index (χ1n) is 9.28. The SMILES string of the molecule is COc1ccc(CCC(=O)Nc2ccccc2NS(=O)(=O)c2ccc(F)cc2)cc1F. The Kier molecular flexibility index (Phi) is 6.86. The molecule has 3 rings (SSSR count). The molecule has 0 aliphatic carbocycles. The minimum absolute atomic E-state index is 0.0603. The fourth-order valence-corrected chi connectivity index (χ4v) is 3.91. The quantitative estimate of drug-likeness (QED) is 0.539. The molecule has 0 radical (unpaired) electrons. The van der Waals surface area contributed by atoms with E-state index in [2.05, 4.69) is 10.0 Å². The Balaban J connectivity index is 1.68. The van der Waals surface area contributed by atoms with Crippen molar-refractivity contribution < 1.29 is 26.7 Å². The number of aryl methyl sites for hydroxylation is 1. The molecule has 0 aromatic heterocycles. The monoisotopic (exact) mass is 446 g/mol. The van der Waals surface area contributed by atoms with E-state index in [4.69, 9.17) is 4.74 Å². The number of ether oxygens (including phenoxy) is 1. The van der Waals surface area contributed by atoms with E-state index < -0.39 is 21.7 Å². The number of hydrogen-bond donors (Lipinski definition) is 2. The Labute approximate surface area is 178 Å². The van der Waals surface area contributed by atoms with E-state index in [9.17, 15) is 22.0 Å². The Morgan fingerprint density at radius 3 is 2.29 bits per heavy atom. The number of carbonyl (C=O) groups excluding carboxylic acids is 1. The van der Waals surface area contributed by atoms with Gasteiger partial charge in [0.1, 0.15) is 5.82 Å². The van der Waals surface area contributed by atoms with Crippen molar-refractivity contribution in [3.8, 4) is 5.75 Å². The van der Waals surface area contributed by atoms with Gasteiger partial charge in [-0.25, -0.2) is 17.2 Å². The van der Waals surface area contributed by atoms with Crippen molar-refractivity contribution in [1.29, 1.82) is 0 Å². The Hall–Kier alpha value is -3.46. The highest BCUT2D eigenvalue weighted by Crippen LogP contribution is 2.25. The summed E-state index contributed by atoms with van der Waals surface area (Å²) in [6.45, 7) is 0. The highest BCUT2D eigenvalue weighted by molar-refractivity contribution is 7.92. The predicted molar refractivity (Wildman–Crippen MR) is 114 cm³/mol. The van der Waals surface area contributed by atoms with Crippen LogP contribution in [0.5, 0.6) is 5.75 Å². The van der Waals surface area contributed by atoms with Gasteiger partial charge >= 0.3 is 0 Å². The van der Waals surface area contributed by atoms with Crippen molar-refractivity contribution in [1.82, 2.24) is 0 Å². The van der Waals surface area contributed by atoms with Crippen LogP contribution in [0.3, 0.4) is 0 Å². The van der Waals surface area contributed by atoms with Gasteiger partial charge in [0.2, 0.25) is 5.91 Å². The number of halogens is 2. The smallest absolute Gasteiger partial charge is 0.261 e. The van der Waals surface area contributed by atoms with Crippen LogP contribution < -0.4 is 14.8 Å². The van der Waals surface area contributed by atoms with E-state index in [0.717, 1.165) is 24.3 Å². The minimum atomic E-state index is -3.98. The van der Waals surface area contributed by atoms with Gasteiger partial charge in [0, 0.05) is 6.42 Å². The highest BCUT2D eigenvalue weighted by atomic mass is 32.2. The standard InChI is InChI=1S/C22H20F2N2O4S/c1-30-21-12-6-15(14-18(21)24)7-13-22(27)25-19-4-2-3-5-20(19)26-31(28,29)17-10-8-16(23)9-11-17/h2-6,8-12,14,26H,7,13H2,1H3,(H,25,27). The van der Waals surface area contributed by atoms with E-state index in [0.29, 0.717) is 5.56 Å². The molecule has 0 heterocycles. The van der Waals surface area contributed by atoms with Crippen LogP contribution in [-0.2, 0) is 21.2 Å². The second kappa shape index (κ2) is 9.57. The molecular weight excluding hydrogens is 426 g/mol. The van der Waals surface area contributed by atoms with E-state index in [1.807, 2.05) is 0 Å². The van der Waals surface area contributed by atoms with Crippen molar-refractivity contribution in [3.05, 3.63) is 83.9 Å². The van der Waals surface area contributed by atoms with Gasteiger partial charge in [0.25, 0.3) is 10.0 Å². The molecule has 3 aromatic carbocycles. The maximum absolute atomic E-state index is 13.8. The van der Waals surface area contributed by atoms with Crippen LogP contribution in [0.25, 0.3) is 0 Å².